The zero-order valence-electron chi connectivity index (χ0n) is 11.1. The minimum absolute atomic E-state index is 0.388. The molecule has 2 nitrogen and oxygen atoms in total. The molecule has 1 atom stereocenters. The summed E-state index contributed by atoms with van der Waals surface area (Å²) in [5.41, 5.74) is 3.80. The molecule has 0 spiro atoms. The summed E-state index contributed by atoms with van der Waals surface area (Å²) in [5, 5.41) is 3.36. The third-order valence-electron chi connectivity index (χ3n) is 3.21. The minimum Gasteiger partial charge on any atom is -0.496 e. The van der Waals surface area contributed by atoms with Crippen molar-refractivity contribution in [2.24, 2.45) is 0 Å². The van der Waals surface area contributed by atoms with Crippen LogP contribution in [-0.4, -0.2) is 14.2 Å². The highest BCUT2D eigenvalue weighted by Gasteiger charge is 2.15. The van der Waals surface area contributed by atoms with Crippen LogP contribution in [0.2, 0.25) is 0 Å². The summed E-state index contributed by atoms with van der Waals surface area (Å²) in [6.07, 6.45) is 2.30. The van der Waals surface area contributed by atoms with Crippen molar-refractivity contribution in [1.82, 2.24) is 5.32 Å². The Morgan fingerprint density at radius 1 is 1.31 bits per heavy atom. The fourth-order valence-electron chi connectivity index (χ4n) is 2.10. The van der Waals surface area contributed by atoms with E-state index in [-0.39, 0.29) is 0 Å². The number of hydrogen-bond donors (Lipinski definition) is 1. The van der Waals surface area contributed by atoms with Crippen LogP contribution in [-0.2, 0) is 0 Å². The van der Waals surface area contributed by atoms with Crippen LogP contribution in [0, 0.1) is 13.8 Å². The highest BCUT2D eigenvalue weighted by atomic mass is 16.5. The van der Waals surface area contributed by atoms with E-state index in [1.54, 1.807) is 7.11 Å². The predicted molar refractivity (Wildman–Crippen MR) is 69.2 cm³/mol. The van der Waals surface area contributed by atoms with Gasteiger partial charge in [-0.15, -0.1) is 0 Å². The molecule has 1 rings (SSSR count). The predicted octanol–water partition coefficient (Wildman–Crippen LogP) is 3.37. The van der Waals surface area contributed by atoms with Crippen molar-refractivity contribution in [2.45, 2.75) is 39.7 Å². The molecule has 0 aliphatic heterocycles. The zero-order chi connectivity index (χ0) is 12.1. The quantitative estimate of drug-likeness (QED) is 0.823. The van der Waals surface area contributed by atoms with Crippen LogP contribution in [0.5, 0.6) is 5.75 Å². The van der Waals surface area contributed by atoms with E-state index < -0.39 is 0 Å². The molecule has 1 aromatic carbocycles. The third-order valence-corrected chi connectivity index (χ3v) is 3.21. The Hall–Kier alpha value is -1.02. The molecular weight excluding hydrogens is 198 g/mol. The van der Waals surface area contributed by atoms with Gasteiger partial charge >= 0.3 is 0 Å². The Morgan fingerprint density at radius 2 is 2.00 bits per heavy atom. The van der Waals surface area contributed by atoms with Crippen molar-refractivity contribution < 1.29 is 4.74 Å². The smallest absolute Gasteiger partial charge is 0.126 e. The number of methoxy groups -OCH3 is 1. The molecule has 0 heterocycles. The van der Waals surface area contributed by atoms with E-state index in [9.17, 15) is 0 Å². The van der Waals surface area contributed by atoms with Crippen LogP contribution >= 0.6 is 0 Å². The minimum atomic E-state index is 0.388. The number of aryl methyl sites for hydroxylation is 1. The van der Waals surface area contributed by atoms with Crippen LogP contribution < -0.4 is 10.1 Å². The Labute approximate surface area is 99.0 Å². The van der Waals surface area contributed by atoms with Gasteiger partial charge in [-0.05, 0) is 38.4 Å². The molecule has 0 aliphatic rings. The van der Waals surface area contributed by atoms with Gasteiger partial charge in [-0.25, -0.2) is 0 Å². The normalized spacial score (nSPS) is 12.6. The first kappa shape index (κ1) is 13.0. The lowest BCUT2D eigenvalue weighted by Crippen LogP contribution is -2.17. The van der Waals surface area contributed by atoms with Gasteiger partial charge in [-0.2, -0.15) is 0 Å². The second-order valence-corrected chi connectivity index (χ2v) is 4.26. The van der Waals surface area contributed by atoms with Gasteiger partial charge in [0.25, 0.3) is 0 Å². The van der Waals surface area contributed by atoms with E-state index in [1.807, 2.05) is 7.05 Å². The summed E-state index contributed by atoms with van der Waals surface area (Å²) in [7, 11) is 3.76. The number of rotatable bonds is 5. The molecule has 0 bridgehead atoms. The molecule has 0 saturated heterocycles. The van der Waals surface area contributed by atoms with Crippen LogP contribution in [0.25, 0.3) is 0 Å². The Morgan fingerprint density at radius 3 is 2.50 bits per heavy atom. The van der Waals surface area contributed by atoms with Gasteiger partial charge in [0.05, 0.1) is 7.11 Å². The molecular formula is C14H23NO. The average Bonchev–Trinajstić information content (AvgIpc) is 2.29. The van der Waals surface area contributed by atoms with E-state index in [2.05, 4.69) is 38.2 Å². The van der Waals surface area contributed by atoms with Gasteiger partial charge in [0.15, 0.2) is 0 Å². The first-order valence-corrected chi connectivity index (χ1v) is 5.97. The third kappa shape index (κ3) is 2.56. The molecule has 1 unspecified atom stereocenters. The standard InChI is InChI=1S/C14H23NO/c1-6-7-13(15-4)12-9-8-10(2)11(3)14(12)16-5/h8-9,13,15H,6-7H2,1-5H3. The van der Waals surface area contributed by atoms with Gasteiger partial charge in [-0.3, -0.25) is 0 Å². The number of hydrogen-bond acceptors (Lipinski definition) is 2. The summed E-state index contributed by atoms with van der Waals surface area (Å²) in [6, 6.07) is 4.74. The van der Waals surface area contributed by atoms with E-state index in [0.29, 0.717) is 6.04 Å². The molecule has 90 valence electrons. The fraction of sp³-hybridized carbons (Fsp3) is 0.571. The maximum absolute atomic E-state index is 5.55. The second kappa shape index (κ2) is 5.90. The summed E-state index contributed by atoms with van der Waals surface area (Å²) >= 11 is 0. The summed E-state index contributed by atoms with van der Waals surface area (Å²) in [5.74, 6) is 1.04. The lowest BCUT2D eigenvalue weighted by atomic mass is 9.96. The Balaban J connectivity index is 3.16. The van der Waals surface area contributed by atoms with E-state index in [1.165, 1.54) is 23.1 Å². The molecule has 0 radical (unpaired) electrons. The SMILES string of the molecule is CCCC(NC)c1ccc(C)c(C)c1OC. The van der Waals surface area contributed by atoms with Crippen LogP contribution in [0.3, 0.4) is 0 Å². The van der Waals surface area contributed by atoms with E-state index in [0.717, 1.165) is 12.2 Å². The van der Waals surface area contributed by atoms with E-state index in [4.69, 9.17) is 4.74 Å². The van der Waals surface area contributed by atoms with Crippen molar-refractivity contribution >= 4 is 0 Å². The second-order valence-electron chi connectivity index (χ2n) is 4.26. The van der Waals surface area contributed by atoms with E-state index >= 15 is 0 Å². The summed E-state index contributed by atoms with van der Waals surface area (Å²) in [4.78, 5) is 0. The molecule has 0 amide bonds. The van der Waals surface area contributed by atoms with Gasteiger partial charge < -0.3 is 10.1 Å². The van der Waals surface area contributed by atoms with Crippen molar-refractivity contribution in [2.75, 3.05) is 14.2 Å². The molecule has 2 heteroatoms. The van der Waals surface area contributed by atoms with Crippen molar-refractivity contribution in [1.29, 1.82) is 0 Å². The summed E-state index contributed by atoms with van der Waals surface area (Å²) in [6.45, 7) is 6.45. The largest absolute Gasteiger partial charge is 0.496 e. The first-order chi connectivity index (χ1) is 7.65. The fourth-order valence-corrected chi connectivity index (χ4v) is 2.10. The van der Waals surface area contributed by atoms with Crippen molar-refractivity contribution in [3.05, 3.63) is 28.8 Å². The molecule has 16 heavy (non-hydrogen) atoms. The number of benzene rings is 1. The van der Waals surface area contributed by atoms with Crippen LogP contribution in [0.15, 0.2) is 12.1 Å². The maximum Gasteiger partial charge on any atom is 0.126 e. The molecule has 0 saturated carbocycles. The van der Waals surface area contributed by atoms with Gasteiger partial charge in [0, 0.05) is 11.6 Å². The highest BCUT2D eigenvalue weighted by molar-refractivity contribution is 5.46. The average molecular weight is 221 g/mol. The van der Waals surface area contributed by atoms with Crippen molar-refractivity contribution in [3.8, 4) is 5.75 Å². The van der Waals surface area contributed by atoms with Gasteiger partial charge in [0.1, 0.15) is 5.75 Å². The lowest BCUT2D eigenvalue weighted by molar-refractivity contribution is 0.395. The van der Waals surface area contributed by atoms with Crippen molar-refractivity contribution in [3.63, 3.8) is 0 Å². The summed E-state index contributed by atoms with van der Waals surface area (Å²) < 4.78 is 5.55. The molecule has 0 fully saturated rings. The Kier molecular flexibility index (Phi) is 4.81. The van der Waals surface area contributed by atoms with Crippen LogP contribution in [0.1, 0.15) is 42.5 Å². The molecule has 0 aliphatic carbocycles. The molecule has 1 N–H and O–H groups in total. The maximum atomic E-state index is 5.55. The zero-order valence-corrected chi connectivity index (χ0v) is 11.1. The monoisotopic (exact) mass is 221 g/mol. The topological polar surface area (TPSA) is 21.3 Å². The molecule has 0 aromatic heterocycles. The Bertz CT molecular complexity index is 347. The number of ether oxygens (including phenoxy) is 1. The highest BCUT2D eigenvalue weighted by Crippen LogP contribution is 2.32. The van der Waals surface area contributed by atoms with Crippen LogP contribution in [0.4, 0.5) is 0 Å². The van der Waals surface area contributed by atoms with Gasteiger partial charge in [0.2, 0.25) is 0 Å². The number of nitrogens with one attached hydrogen (secondary N) is 1. The molecule has 1 aromatic rings. The van der Waals surface area contributed by atoms with Gasteiger partial charge in [-0.1, -0.05) is 25.5 Å². The lowest BCUT2D eigenvalue weighted by Gasteiger charge is -2.21. The first-order valence-electron chi connectivity index (χ1n) is 5.97.